The fraction of sp³-hybridized carbons (Fsp3) is 0.317. The average molecular weight is 765 g/mol. The molecule has 1 aliphatic rings. The lowest BCUT2D eigenvalue weighted by Crippen LogP contribution is -2.48. The van der Waals surface area contributed by atoms with Crippen LogP contribution >= 0.6 is 11.8 Å². The van der Waals surface area contributed by atoms with Crippen molar-refractivity contribution in [3.8, 4) is 11.1 Å². The zero-order chi connectivity index (χ0) is 51.1. The van der Waals surface area contributed by atoms with Gasteiger partial charge in [-0.1, -0.05) is 54.6 Å². The van der Waals surface area contributed by atoms with E-state index in [1.807, 2.05) is 0 Å². The van der Waals surface area contributed by atoms with Crippen LogP contribution in [-0.2, 0) is 34.5 Å². The minimum absolute atomic E-state index is 0.0713. The van der Waals surface area contributed by atoms with Gasteiger partial charge < -0.3 is 19.1 Å². The molecule has 0 aliphatic carbocycles. The Balaban J connectivity index is 1.61. The second kappa shape index (κ2) is 16.7. The maximum atomic E-state index is 15.3. The van der Waals surface area contributed by atoms with E-state index in [2.05, 4.69) is 0 Å². The molecule has 2 heterocycles. The topological polar surface area (TPSA) is 54.8 Å². The molecule has 4 aromatic carbocycles. The van der Waals surface area contributed by atoms with Gasteiger partial charge in [0.25, 0.3) is 0 Å². The number of piperidine rings is 1. The fourth-order valence-electron chi connectivity index (χ4n) is 5.18. The van der Waals surface area contributed by atoms with E-state index in [9.17, 15) is 29.2 Å². The average Bonchev–Trinajstić information content (AvgIpc) is 3.26. The Morgan fingerprint density at radius 3 is 2.38 bits per heavy atom. The third-order valence-corrected chi connectivity index (χ3v) is 8.77. The number of fused-ring (bicyclic) bond motifs is 1. The van der Waals surface area contributed by atoms with Gasteiger partial charge in [-0.25, -0.2) is 8.78 Å². The van der Waals surface area contributed by atoms with Gasteiger partial charge in [0.15, 0.2) is 17.1 Å². The van der Waals surface area contributed by atoms with E-state index in [1.54, 1.807) is 0 Å². The number of alkyl halides is 3. The van der Waals surface area contributed by atoms with Crippen LogP contribution in [-0.4, -0.2) is 59.5 Å². The minimum atomic E-state index is -4.64. The molecule has 0 atom stereocenters. The molecular formula is C41H40F5N3O3S. The number of rotatable bonds is 12. The van der Waals surface area contributed by atoms with Crippen molar-refractivity contribution >= 4 is 28.6 Å². The molecule has 1 fully saturated rings. The van der Waals surface area contributed by atoms with Crippen molar-refractivity contribution < 1.29 is 52.0 Å². The molecule has 0 saturated carbocycles. The van der Waals surface area contributed by atoms with Crippen LogP contribution in [0.2, 0.25) is 0 Å². The highest BCUT2D eigenvalue weighted by Gasteiger charge is 2.31. The number of nitrogens with zero attached hydrogens (tertiary/aromatic N) is 3. The van der Waals surface area contributed by atoms with Crippen molar-refractivity contribution in [1.29, 1.82) is 0 Å². The second-order valence-electron chi connectivity index (χ2n) is 11.6. The molecule has 0 radical (unpaired) electrons. The Kier molecular flexibility index (Phi) is 7.32. The predicted octanol–water partition coefficient (Wildman–Crippen LogP) is 8.71. The lowest BCUT2D eigenvalue weighted by atomic mass is 10.00. The molecule has 0 N–H and O–H groups in total. The van der Waals surface area contributed by atoms with Gasteiger partial charge in [-0.2, -0.15) is 13.2 Å². The summed E-state index contributed by atoms with van der Waals surface area (Å²) >= 11 is -0.126. The first-order valence-electron chi connectivity index (χ1n) is 23.3. The molecule has 1 amide bonds. The van der Waals surface area contributed by atoms with Crippen molar-refractivity contribution in [3.63, 3.8) is 0 Å². The van der Waals surface area contributed by atoms with Gasteiger partial charge in [0.1, 0.15) is 6.54 Å². The van der Waals surface area contributed by atoms with E-state index in [4.69, 9.17) is 18.4 Å². The number of likely N-dealkylation sites (tertiary alicyclic amines) is 1. The highest BCUT2D eigenvalue weighted by molar-refractivity contribution is 7.98. The summed E-state index contributed by atoms with van der Waals surface area (Å²) in [7, 11) is 1.16. The van der Waals surface area contributed by atoms with E-state index in [0.717, 1.165) is 31.4 Å². The van der Waals surface area contributed by atoms with Gasteiger partial charge in [0.05, 0.1) is 29.6 Å². The zero-order valence-electron chi connectivity index (χ0n) is 43.0. The van der Waals surface area contributed by atoms with Crippen molar-refractivity contribution in [2.45, 2.75) is 55.7 Å². The molecule has 0 unspecified atom stereocenters. The first-order valence-corrected chi connectivity index (χ1v) is 16.7. The number of benzene rings is 4. The monoisotopic (exact) mass is 764 g/mol. The molecule has 6 rings (SSSR count). The summed E-state index contributed by atoms with van der Waals surface area (Å²) in [6, 6.07) is 4.26. The van der Waals surface area contributed by atoms with Gasteiger partial charge >= 0.3 is 6.18 Å². The third-order valence-electron chi connectivity index (χ3n) is 7.93. The number of thioether (sulfide) groups is 1. The maximum Gasteiger partial charge on any atom is 0.416 e. The largest absolute Gasteiger partial charge is 0.416 e. The molecule has 0 bridgehead atoms. The van der Waals surface area contributed by atoms with Gasteiger partial charge in [0, 0.05) is 75.6 Å². The van der Waals surface area contributed by atoms with Crippen LogP contribution < -0.4 is 5.43 Å². The Morgan fingerprint density at radius 2 is 1.72 bits per heavy atom. The molecule has 278 valence electrons. The standard InChI is InChI=1S/C41H40F5N3O3S/c1-27-6-15-34-36(22-27)49(39(23-37(34)50)53-26-31-4-3-5-35(42)40(31)43)25-38(51)48(33-16-18-47(19-17-33)20-21-52-2)24-28-7-9-29(10-8-28)30-11-13-32(14-12-30)41(44,45)46/h3-15,22-23,33H,16-21,24-26H2,1-2H3/i6D,15D,16D2,17D2,18D2,19D2,22D,23D,26D2,33D. The Hall–Kier alpha value is -4.52. The van der Waals surface area contributed by atoms with Crippen LogP contribution in [0.4, 0.5) is 22.0 Å². The number of aromatic nitrogens is 1. The van der Waals surface area contributed by atoms with Crippen LogP contribution in [0.5, 0.6) is 0 Å². The summed E-state index contributed by atoms with van der Waals surface area (Å²) in [4.78, 5) is 29.6. The fourth-order valence-corrected chi connectivity index (χ4v) is 5.95. The quantitative estimate of drug-likeness (QED) is 0.0941. The summed E-state index contributed by atoms with van der Waals surface area (Å²) in [6.45, 7) is -9.83. The predicted molar refractivity (Wildman–Crippen MR) is 198 cm³/mol. The van der Waals surface area contributed by atoms with E-state index >= 15 is 9.18 Å². The number of carbonyl (C=O) groups is 1. The summed E-state index contributed by atoms with van der Waals surface area (Å²) in [5, 5.41) is -1.71. The Labute approximate surface area is 330 Å². The Morgan fingerprint density at radius 1 is 1.04 bits per heavy atom. The van der Waals surface area contributed by atoms with Gasteiger partial charge in [-0.3, -0.25) is 9.59 Å². The first kappa shape index (κ1) is 23.3. The van der Waals surface area contributed by atoms with E-state index in [-0.39, 0.29) is 38.3 Å². The van der Waals surface area contributed by atoms with E-state index in [0.29, 0.717) is 16.2 Å². The highest BCUT2D eigenvalue weighted by atomic mass is 32.2. The van der Waals surface area contributed by atoms with Crippen LogP contribution in [0.15, 0.2) is 101 Å². The van der Waals surface area contributed by atoms with Crippen LogP contribution in [0.3, 0.4) is 0 Å². The lowest BCUT2D eigenvalue weighted by Gasteiger charge is -2.39. The zero-order valence-corrected chi connectivity index (χ0v) is 28.9. The molecule has 1 aromatic heterocycles. The van der Waals surface area contributed by atoms with Crippen LogP contribution in [0.25, 0.3) is 22.0 Å². The minimum Gasteiger partial charge on any atom is -0.383 e. The molecule has 5 aromatic rings. The van der Waals surface area contributed by atoms with Gasteiger partial charge in [-0.05, 0) is 72.2 Å². The highest BCUT2D eigenvalue weighted by Crippen LogP contribution is 2.32. The van der Waals surface area contributed by atoms with Crippen molar-refractivity contribution in [3.05, 3.63) is 135 Å². The number of pyridine rings is 1. The molecule has 0 spiro atoms. The number of hydrogen-bond donors (Lipinski definition) is 0. The number of amides is 1. The van der Waals surface area contributed by atoms with E-state index < -0.39 is 144 Å². The molecule has 53 heavy (non-hydrogen) atoms. The number of ether oxygens (including phenoxy) is 1. The molecule has 1 saturated heterocycles. The normalized spacial score (nSPS) is 23.0. The summed E-state index contributed by atoms with van der Waals surface area (Å²) in [5.74, 6) is -4.78. The second-order valence-corrected chi connectivity index (χ2v) is 12.4. The van der Waals surface area contributed by atoms with Crippen molar-refractivity contribution in [2.75, 3.05) is 33.3 Å². The number of halogens is 5. The summed E-state index contributed by atoms with van der Waals surface area (Å²) in [5.41, 5.74) is -6.86. The lowest BCUT2D eigenvalue weighted by molar-refractivity contribution is -0.137. The van der Waals surface area contributed by atoms with Gasteiger partial charge in [-0.15, -0.1) is 11.8 Å². The Bertz CT molecular complexity index is 2820. The third kappa shape index (κ3) is 9.17. The van der Waals surface area contributed by atoms with Gasteiger partial charge in [0.2, 0.25) is 5.91 Å². The van der Waals surface area contributed by atoms with Crippen LogP contribution in [0, 0.1) is 18.6 Å². The summed E-state index contributed by atoms with van der Waals surface area (Å²) < 4.78 is 210. The molecule has 6 nitrogen and oxygen atoms in total. The van der Waals surface area contributed by atoms with Crippen molar-refractivity contribution in [1.82, 2.24) is 14.4 Å². The number of hydrogen-bond acceptors (Lipinski definition) is 5. The first-order chi connectivity index (χ1) is 31.2. The maximum absolute atomic E-state index is 15.3. The number of carbonyl (C=O) groups excluding carboxylic acids is 1. The molecule has 12 heteroatoms. The summed E-state index contributed by atoms with van der Waals surface area (Å²) in [6.07, 6.45) is -12.5. The number of methoxy groups -OCH3 is 1. The van der Waals surface area contributed by atoms with Crippen LogP contribution in [0.1, 0.15) is 55.6 Å². The smallest absolute Gasteiger partial charge is 0.383 e. The molecular weight excluding hydrogens is 710 g/mol. The van der Waals surface area contributed by atoms with Crippen molar-refractivity contribution in [2.24, 2.45) is 0 Å². The van der Waals surface area contributed by atoms with E-state index in [1.165, 1.54) is 43.3 Å². The SMILES string of the molecule is [2H]c1c(C)c([2H])c2c(c1[2H])c(=O)c([2H])c(SC([2H])([2H])c1cccc(F)c1F)n2CC(=O)N(Cc1ccc(-c2ccc(C(F)(F)F)cc2)cc1)C1([2H])C([2H])([2H])C([2H])([2H])N(CCOC)C([2H])([2H])C1([2H])[2H]. The molecule has 1 aliphatic heterocycles.